The Balaban J connectivity index is 1.97. The highest BCUT2D eigenvalue weighted by atomic mass is 32.2. The Morgan fingerprint density at radius 3 is 2.53 bits per heavy atom. The Morgan fingerprint density at radius 1 is 1.26 bits per heavy atom. The molecule has 0 aliphatic carbocycles. The molecule has 0 aliphatic rings. The lowest BCUT2D eigenvalue weighted by atomic mass is 10.2. The first-order chi connectivity index (χ1) is 8.94. The average Bonchev–Trinajstić information content (AvgIpc) is 2.76. The van der Waals surface area contributed by atoms with E-state index in [9.17, 15) is 8.42 Å². The van der Waals surface area contributed by atoms with Gasteiger partial charge in [0.05, 0.1) is 18.0 Å². The molecule has 1 aromatic carbocycles. The van der Waals surface area contributed by atoms with Crippen molar-refractivity contribution in [1.82, 2.24) is 14.5 Å². The van der Waals surface area contributed by atoms with Crippen molar-refractivity contribution in [3.05, 3.63) is 47.8 Å². The number of aromatic nitrogens is 2. The fourth-order valence-corrected chi connectivity index (χ4v) is 2.73. The van der Waals surface area contributed by atoms with Crippen LogP contribution in [0.2, 0.25) is 0 Å². The lowest BCUT2D eigenvalue weighted by molar-refractivity contribution is 0.578. The van der Waals surface area contributed by atoms with Gasteiger partial charge in [0.1, 0.15) is 0 Å². The highest BCUT2D eigenvalue weighted by Crippen LogP contribution is 2.09. The van der Waals surface area contributed by atoms with E-state index in [0.717, 1.165) is 0 Å². The molecule has 0 aliphatic heterocycles. The number of benzene rings is 1. The van der Waals surface area contributed by atoms with Crippen LogP contribution in [0.3, 0.4) is 0 Å². The highest BCUT2D eigenvalue weighted by Gasteiger charge is 2.11. The minimum Gasteiger partial charge on any atom is -0.399 e. The maximum Gasteiger partial charge on any atom is 0.216 e. The second-order valence-corrected chi connectivity index (χ2v) is 6.11. The number of aryl methyl sites for hydroxylation is 1. The number of nitrogen functional groups attached to an aromatic ring is 1. The molecule has 3 N–H and O–H groups in total. The van der Waals surface area contributed by atoms with E-state index in [1.807, 2.05) is 0 Å². The van der Waals surface area contributed by atoms with Gasteiger partial charge in [0, 0.05) is 18.9 Å². The van der Waals surface area contributed by atoms with Crippen LogP contribution >= 0.6 is 0 Å². The van der Waals surface area contributed by atoms with Gasteiger partial charge in [0.15, 0.2) is 0 Å². The van der Waals surface area contributed by atoms with Crippen molar-refractivity contribution < 1.29 is 8.42 Å². The van der Waals surface area contributed by atoms with Gasteiger partial charge in [0.25, 0.3) is 0 Å². The summed E-state index contributed by atoms with van der Waals surface area (Å²) in [4.78, 5) is 0. The van der Waals surface area contributed by atoms with Crippen LogP contribution in [0.5, 0.6) is 0 Å². The number of rotatable bonds is 5. The molecule has 0 saturated heterocycles. The molecule has 2 aromatic rings. The number of nitrogens with two attached hydrogens (primary N) is 1. The van der Waals surface area contributed by atoms with E-state index in [-0.39, 0.29) is 12.3 Å². The van der Waals surface area contributed by atoms with Crippen molar-refractivity contribution in [2.75, 3.05) is 5.73 Å². The quantitative estimate of drug-likeness (QED) is 0.786. The number of nitrogens with one attached hydrogen (secondary N) is 1. The summed E-state index contributed by atoms with van der Waals surface area (Å²) in [6.45, 7) is 0.193. The molecule has 0 fully saturated rings. The minimum absolute atomic E-state index is 0.0693. The molecule has 0 saturated carbocycles. The predicted octanol–water partition coefficient (Wildman–Crippen LogP) is 0.622. The summed E-state index contributed by atoms with van der Waals surface area (Å²) in [5.41, 5.74) is 7.55. The van der Waals surface area contributed by atoms with E-state index < -0.39 is 10.0 Å². The third-order valence-corrected chi connectivity index (χ3v) is 3.88. The van der Waals surface area contributed by atoms with Gasteiger partial charge in [-0.25, -0.2) is 13.1 Å². The maximum atomic E-state index is 11.9. The first-order valence-electron chi connectivity index (χ1n) is 5.75. The van der Waals surface area contributed by atoms with Crippen molar-refractivity contribution in [3.8, 4) is 0 Å². The van der Waals surface area contributed by atoms with Crippen molar-refractivity contribution in [2.45, 2.75) is 12.3 Å². The van der Waals surface area contributed by atoms with Crippen molar-refractivity contribution >= 4 is 15.7 Å². The third-order valence-electron chi connectivity index (χ3n) is 2.58. The zero-order valence-electron chi connectivity index (χ0n) is 10.6. The number of anilines is 1. The third kappa shape index (κ3) is 4.08. The predicted molar refractivity (Wildman–Crippen MR) is 73.5 cm³/mol. The molecular weight excluding hydrogens is 264 g/mol. The molecule has 0 bridgehead atoms. The Morgan fingerprint density at radius 2 is 1.95 bits per heavy atom. The molecule has 1 aromatic heterocycles. The van der Waals surface area contributed by atoms with Crippen molar-refractivity contribution in [3.63, 3.8) is 0 Å². The number of nitrogens with zero attached hydrogens (tertiary/aromatic N) is 2. The summed E-state index contributed by atoms with van der Waals surface area (Å²) in [5.74, 6) is -0.0693. The van der Waals surface area contributed by atoms with E-state index >= 15 is 0 Å². The van der Waals surface area contributed by atoms with Crippen LogP contribution in [0.25, 0.3) is 0 Å². The smallest absolute Gasteiger partial charge is 0.216 e. The van der Waals surface area contributed by atoms with E-state index in [1.165, 1.54) is 0 Å². The van der Waals surface area contributed by atoms with Gasteiger partial charge in [-0.05, 0) is 23.8 Å². The van der Waals surface area contributed by atoms with Gasteiger partial charge in [-0.3, -0.25) is 4.68 Å². The van der Waals surface area contributed by atoms with Crippen LogP contribution in [-0.4, -0.2) is 18.2 Å². The Bertz CT molecular complexity index is 647. The van der Waals surface area contributed by atoms with Crippen LogP contribution in [0.15, 0.2) is 36.5 Å². The van der Waals surface area contributed by atoms with Gasteiger partial charge < -0.3 is 5.73 Å². The van der Waals surface area contributed by atoms with Crippen molar-refractivity contribution in [2.24, 2.45) is 7.05 Å². The lowest BCUT2D eigenvalue weighted by Crippen LogP contribution is -2.25. The van der Waals surface area contributed by atoms with Crippen LogP contribution in [0, 0.1) is 0 Å². The first-order valence-corrected chi connectivity index (χ1v) is 7.40. The van der Waals surface area contributed by atoms with Gasteiger partial charge in [-0.2, -0.15) is 5.10 Å². The zero-order valence-corrected chi connectivity index (χ0v) is 11.4. The number of hydrogen-bond donors (Lipinski definition) is 2. The summed E-state index contributed by atoms with van der Waals surface area (Å²) in [6, 6.07) is 8.55. The summed E-state index contributed by atoms with van der Waals surface area (Å²) in [7, 11) is -1.59. The van der Waals surface area contributed by atoms with Gasteiger partial charge in [0.2, 0.25) is 10.0 Å². The van der Waals surface area contributed by atoms with Crippen LogP contribution in [-0.2, 0) is 29.4 Å². The van der Waals surface area contributed by atoms with E-state index in [4.69, 9.17) is 5.73 Å². The van der Waals surface area contributed by atoms with Crippen molar-refractivity contribution in [1.29, 1.82) is 0 Å². The molecule has 6 nitrogen and oxygen atoms in total. The largest absolute Gasteiger partial charge is 0.399 e. The van der Waals surface area contributed by atoms with E-state index in [2.05, 4.69) is 9.82 Å². The second-order valence-electron chi connectivity index (χ2n) is 4.30. The number of hydrogen-bond acceptors (Lipinski definition) is 4. The van der Waals surface area contributed by atoms with Crippen LogP contribution in [0.1, 0.15) is 11.3 Å². The molecular formula is C12H16N4O2S. The lowest BCUT2D eigenvalue weighted by Gasteiger charge is -2.05. The first kappa shape index (κ1) is 13.6. The molecule has 7 heteroatoms. The van der Waals surface area contributed by atoms with Gasteiger partial charge in [-0.15, -0.1) is 0 Å². The summed E-state index contributed by atoms with van der Waals surface area (Å²) < 4.78 is 27.9. The minimum atomic E-state index is -3.38. The molecule has 0 amide bonds. The molecule has 0 unspecified atom stereocenters. The highest BCUT2D eigenvalue weighted by molar-refractivity contribution is 7.88. The second kappa shape index (κ2) is 5.41. The summed E-state index contributed by atoms with van der Waals surface area (Å²) in [5, 5.41) is 4.11. The topological polar surface area (TPSA) is 90.0 Å². The summed E-state index contributed by atoms with van der Waals surface area (Å²) in [6.07, 6.45) is 1.77. The Kier molecular flexibility index (Phi) is 3.87. The fraction of sp³-hybridized carbons (Fsp3) is 0.250. The number of sulfonamides is 1. The molecule has 102 valence electrons. The molecule has 2 rings (SSSR count). The van der Waals surface area contributed by atoms with E-state index in [0.29, 0.717) is 16.9 Å². The fourth-order valence-electron chi connectivity index (χ4n) is 1.63. The summed E-state index contributed by atoms with van der Waals surface area (Å²) >= 11 is 0. The SMILES string of the molecule is Cn1ccc(CNS(=O)(=O)Cc2ccc(N)cc2)n1. The molecule has 0 spiro atoms. The van der Waals surface area contributed by atoms with Gasteiger partial charge in [-0.1, -0.05) is 12.1 Å². The molecule has 0 radical (unpaired) electrons. The molecule has 1 heterocycles. The maximum absolute atomic E-state index is 11.9. The average molecular weight is 280 g/mol. The van der Waals surface area contributed by atoms with Crippen LogP contribution in [0.4, 0.5) is 5.69 Å². The normalized spacial score (nSPS) is 11.6. The Hall–Kier alpha value is -1.86. The zero-order chi connectivity index (χ0) is 13.9. The van der Waals surface area contributed by atoms with E-state index in [1.54, 1.807) is 48.3 Å². The molecule has 19 heavy (non-hydrogen) atoms. The monoisotopic (exact) mass is 280 g/mol. The van der Waals surface area contributed by atoms with Crippen LogP contribution < -0.4 is 10.5 Å². The standard InChI is InChI=1S/C12H16N4O2S/c1-16-7-6-12(15-16)8-14-19(17,18)9-10-2-4-11(13)5-3-10/h2-7,14H,8-9,13H2,1H3. The Labute approximate surface area is 112 Å². The molecule has 0 atom stereocenters. The van der Waals surface area contributed by atoms with Gasteiger partial charge >= 0.3 is 0 Å².